The average Bonchev–Trinajstić information content (AvgIpc) is 2.79. The Morgan fingerprint density at radius 2 is 1.90 bits per heavy atom. The molecule has 0 radical (unpaired) electrons. The summed E-state index contributed by atoms with van der Waals surface area (Å²) in [5, 5.41) is 0.628. The zero-order valence-corrected chi connectivity index (χ0v) is 14.0. The molecule has 2 rings (SSSR count). The van der Waals surface area contributed by atoms with Gasteiger partial charge in [0.15, 0.2) is 0 Å². The summed E-state index contributed by atoms with van der Waals surface area (Å²) in [4.78, 5) is 3.26. The molecule has 0 amide bonds. The molecular weight excluding hydrogens is 286 g/mol. The third kappa shape index (κ3) is 2.78. The second kappa shape index (κ2) is 5.03. The van der Waals surface area contributed by atoms with E-state index in [2.05, 4.69) is 4.98 Å². The lowest BCUT2D eigenvalue weighted by Gasteiger charge is -2.34. The molecule has 1 heterocycles. The van der Waals surface area contributed by atoms with Crippen molar-refractivity contribution in [3.8, 4) is 0 Å². The van der Waals surface area contributed by atoms with Crippen molar-refractivity contribution in [2.75, 3.05) is 12.8 Å². The number of aromatic amines is 1. The number of anilines is 1. The van der Waals surface area contributed by atoms with Crippen LogP contribution in [0.2, 0.25) is 0 Å². The first-order valence-corrected chi connectivity index (χ1v) is 8.34. The summed E-state index contributed by atoms with van der Waals surface area (Å²) in [5.41, 5.74) is 6.94. The SMILES string of the molecule is CC(N(C)S(=O)(=O)c1c[nH]c2ccc(N)cc12)C(C)(C)C. The van der Waals surface area contributed by atoms with Crippen LogP contribution in [0, 0.1) is 5.41 Å². The fourth-order valence-electron chi connectivity index (χ4n) is 2.23. The Kier molecular flexibility index (Phi) is 3.80. The van der Waals surface area contributed by atoms with Crippen molar-refractivity contribution < 1.29 is 8.42 Å². The van der Waals surface area contributed by atoms with Crippen LogP contribution in [0.4, 0.5) is 5.69 Å². The largest absolute Gasteiger partial charge is 0.399 e. The van der Waals surface area contributed by atoms with Crippen LogP contribution in [0.1, 0.15) is 27.7 Å². The first-order chi connectivity index (χ1) is 9.55. The Hall–Kier alpha value is -1.53. The average molecular weight is 309 g/mol. The number of nitrogen functional groups attached to an aromatic ring is 1. The molecule has 0 aliphatic heterocycles. The maximum Gasteiger partial charge on any atom is 0.245 e. The van der Waals surface area contributed by atoms with E-state index in [0.29, 0.717) is 11.1 Å². The lowest BCUT2D eigenvalue weighted by Crippen LogP contribution is -2.42. The van der Waals surface area contributed by atoms with E-state index in [-0.39, 0.29) is 16.4 Å². The predicted molar refractivity (Wildman–Crippen MR) is 86.6 cm³/mol. The molecule has 116 valence electrons. The summed E-state index contributed by atoms with van der Waals surface area (Å²) in [6.07, 6.45) is 1.53. The fraction of sp³-hybridized carbons (Fsp3) is 0.467. The lowest BCUT2D eigenvalue weighted by atomic mass is 9.88. The third-order valence-corrected chi connectivity index (χ3v) is 6.09. The van der Waals surface area contributed by atoms with Crippen LogP contribution in [-0.4, -0.2) is 30.8 Å². The summed E-state index contributed by atoms with van der Waals surface area (Å²) in [6, 6.07) is 5.09. The highest BCUT2D eigenvalue weighted by Gasteiger charge is 2.33. The molecule has 6 heteroatoms. The van der Waals surface area contributed by atoms with Crippen molar-refractivity contribution in [2.24, 2.45) is 5.41 Å². The Labute approximate surface area is 126 Å². The Morgan fingerprint density at radius 1 is 1.29 bits per heavy atom. The molecule has 0 bridgehead atoms. The number of nitrogens with zero attached hydrogens (tertiary/aromatic N) is 1. The molecule has 1 unspecified atom stereocenters. The number of H-pyrrole nitrogens is 1. The molecule has 0 spiro atoms. The number of nitrogens with two attached hydrogens (primary N) is 1. The van der Waals surface area contributed by atoms with Crippen LogP contribution < -0.4 is 5.73 Å². The quantitative estimate of drug-likeness (QED) is 0.856. The van der Waals surface area contributed by atoms with Crippen molar-refractivity contribution in [1.29, 1.82) is 0 Å². The monoisotopic (exact) mass is 309 g/mol. The van der Waals surface area contributed by atoms with Gasteiger partial charge in [-0.15, -0.1) is 0 Å². The molecule has 1 aromatic carbocycles. The summed E-state index contributed by atoms with van der Waals surface area (Å²) in [6.45, 7) is 7.99. The molecule has 1 aromatic heterocycles. The van der Waals surface area contributed by atoms with Crippen molar-refractivity contribution in [3.63, 3.8) is 0 Å². The maximum atomic E-state index is 12.9. The first-order valence-electron chi connectivity index (χ1n) is 6.90. The molecule has 3 N–H and O–H groups in total. The molecular formula is C15H23N3O2S. The van der Waals surface area contributed by atoms with Gasteiger partial charge in [-0.05, 0) is 30.5 Å². The van der Waals surface area contributed by atoms with E-state index in [9.17, 15) is 8.42 Å². The number of nitrogens with one attached hydrogen (secondary N) is 1. The summed E-state index contributed by atoms with van der Waals surface area (Å²) in [7, 11) is -1.95. The van der Waals surface area contributed by atoms with Crippen LogP contribution in [0.15, 0.2) is 29.3 Å². The second-order valence-electron chi connectivity index (χ2n) is 6.52. The molecule has 0 aliphatic rings. The van der Waals surface area contributed by atoms with Gasteiger partial charge in [-0.1, -0.05) is 20.8 Å². The van der Waals surface area contributed by atoms with Gasteiger partial charge in [-0.25, -0.2) is 8.42 Å². The number of hydrogen-bond acceptors (Lipinski definition) is 3. The van der Waals surface area contributed by atoms with E-state index in [4.69, 9.17) is 5.73 Å². The van der Waals surface area contributed by atoms with Gasteiger partial charge >= 0.3 is 0 Å². The summed E-state index contributed by atoms with van der Waals surface area (Å²) < 4.78 is 27.2. The zero-order valence-electron chi connectivity index (χ0n) is 13.1. The highest BCUT2D eigenvalue weighted by molar-refractivity contribution is 7.89. The maximum absolute atomic E-state index is 12.9. The van der Waals surface area contributed by atoms with E-state index < -0.39 is 10.0 Å². The molecule has 0 fully saturated rings. The molecule has 0 aliphatic carbocycles. The third-order valence-electron chi connectivity index (χ3n) is 4.12. The number of aromatic nitrogens is 1. The van der Waals surface area contributed by atoms with Crippen LogP contribution in [0.25, 0.3) is 10.9 Å². The standard InChI is InChI=1S/C15H23N3O2S/c1-10(15(2,3)4)18(5)21(19,20)14-9-17-13-7-6-11(16)8-12(13)14/h6-10,17H,16H2,1-5H3. The minimum absolute atomic E-state index is 0.131. The van der Waals surface area contributed by atoms with Crippen LogP contribution in [0.3, 0.4) is 0 Å². The smallest absolute Gasteiger partial charge is 0.245 e. The number of benzene rings is 1. The number of fused-ring (bicyclic) bond motifs is 1. The first kappa shape index (κ1) is 15.9. The van der Waals surface area contributed by atoms with E-state index in [1.807, 2.05) is 27.7 Å². The molecule has 21 heavy (non-hydrogen) atoms. The molecule has 5 nitrogen and oxygen atoms in total. The Bertz CT molecular complexity index is 757. The number of rotatable bonds is 3. The lowest BCUT2D eigenvalue weighted by molar-refractivity contribution is 0.216. The van der Waals surface area contributed by atoms with Gasteiger partial charge in [0.2, 0.25) is 10.0 Å². The second-order valence-corrected chi connectivity index (χ2v) is 8.49. The summed E-state index contributed by atoms with van der Waals surface area (Å²) >= 11 is 0. The van der Waals surface area contributed by atoms with Gasteiger partial charge in [-0.3, -0.25) is 0 Å². The Balaban J connectivity index is 2.54. The van der Waals surface area contributed by atoms with E-state index >= 15 is 0 Å². The van der Waals surface area contributed by atoms with Crippen LogP contribution in [-0.2, 0) is 10.0 Å². The Morgan fingerprint density at radius 3 is 2.48 bits per heavy atom. The highest BCUT2D eigenvalue weighted by atomic mass is 32.2. The normalized spacial score (nSPS) is 14.8. The van der Waals surface area contributed by atoms with Gasteiger partial charge in [0.1, 0.15) is 4.90 Å². The van der Waals surface area contributed by atoms with Crippen LogP contribution >= 0.6 is 0 Å². The minimum Gasteiger partial charge on any atom is -0.399 e. The van der Waals surface area contributed by atoms with E-state index in [0.717, 1.165) is 5.52 Å². The fourth-order valence-corrected chi connectivity index (χ4v) is 3.93. The van der Waals surface area contributed by atoms with Crippen molar-refractivity contribution in [3.05, 3.63) is 24.4 Å². The highest BCUT2D eigenvalue weighted by Crippen LogP contribution is 2.31. The number of hydrogen-bond donors (Lipinski definition) is 2. The molecule has 0 saturated carbocycles. The molecule has 2 aromatic rings. The minimum atomic E-state index is -3.57. The number of sulfonamides is 1. The van der Waals surface area contributed by atoms with Crippen molar-refractivity contribution >= 4 is 26.6 Å². The van der Waals surface area contributed by atoms with Crippen molar-refractivity contribution in [2.45, 2.75) is 38.6 Å². The van der Waals surface area contributed by atoms with Gasteiger partial charge < -0.3 is 10.7 Å². The van der Waals surface area contributed by atoms with Crippen LogP contribution in [0.5, 0.6) is 0 Å². The zero-order chi connectivity index (χ0) is 16.0. The predicted octanol–water partition coefficient (Wildman–Crippen LogP) is 2.81. The van der Waals surface area contributed by atoms with Gasteiger partial charge in [0, 0.05) is 35.9 Å². The van der Waals surface area contributed by atoms with Gasteiger partial charge in [-0.2, -0.15) is 4.31 Å². The molecule has 0 saturated heterocycles. The van der Waals surface area contributed by atoms with E-state index in [1.165, 1.54) is 10.5 Å². The van der Waals surface area contributed by atoms with Crippen molar-refractivity contribution in [1.82, 2.24) is 9.29 Å². The van der Waals surface area contributed by atoms with Gasteiger partial charge in [0.25, 0.3) is 0 Å². The van der Waals surface area contributed by atoms with Gasteiger partial charge in [0.05, 0.1) is 0 Å². The topological polar surface area (TPSA) is 79.2 Å². The summed E-state index contributed by atoms with van der Waals surface area (Å²) in [5.74, 6) is 0. The molecule has 1 atom stereocenters. The van der Waals surface area contributed by atoms with E-state index in [1.54, 1.807) is 25.2 Å².